The first-order valence-corrected chi connectivity index (χ1v) is 5.25. The van der Waals surface area contributed by atoms with E-state index < -0.39 is 0 Å². The van der Waals surface area contributed by atoms with Crippen molar-refractivity contribution in [3.63, 3.8) is 0 Å². The summed E-state index contributed by atoms with van der Waals surface area (Å²) in [6.45, 7) is 0. The lowest BCUT2D eigenvalue weighted by atomic mass is 10.1. The fourth-order valence-electron chi connectivity index (χ4n) is 1.31. The van der Waals surface area contributed by atoms with Gasteiger partial charge in [0.05, 0.1) is 0 Å². The predicted molar refractivity (Wildman–Crippen MR) is 64.0 cm³/mol. The van der Waals surface area contributed by atoms with Crippen LogP contribution in [0.5, 0.6) is 0 Å². The van der Waals surface area contributed by atoms with Crippen LogP contribution in [0, 0.1) is 0 Å². The molecular weight excluding hydrogens is 200 g/mol. The number of nitrogens with zero attached hydrogens (tertiary/aromatic N) is 2. The number of ketones is 1. The van der Waals surface area contributed by atoms with Gasteiger partial charge in [0, 0.05) is 6.42 Å². The zero-order valence-electron chi connectivity index (χ0n) is 9.04. The predicted octanol–water partition coefficient (Wildman–Crippen LogP) is 2.74. The second kappa shape index (κ2) is 7.32. The summed E-state index contributed by atoms with van der Waals surface area (Å²) in [5.74, 6) is -0.143. The highest BCUT2D eigenvalue weighted by atomic mass is 16.1. The molecule has 0 bridgehead atoms. The number of hydrogen-bond donors (Lipinski definition) is 0. The largest absolute Gasteiger partial charge is 0.361 e. The van der Waals surface area contributed by atoms with Crippen LogP contribution in [0.3, 0.4) is 0 Å². The van der Waals surface area contributed by atoms with Gasteiger partial charge in [-0.1, -0.05) is 42.5 Å². The average molecular weight is 214 g/mol. The first-order valence-electron chi connectivity index (χ1n) is 5.25. The van der Waals surface area contributed by atoms with E-state index in [2.05, 4.69) is 4.79 Å². The number of benzene rings is 1. The van der Waals surface area contributed by atoms with Gasteiger partial charge in [-0.3, -0.25) is 4.79 Å². The van der Waals surface area contributed by atoms with Crippen molar-refractivity contribution < 1.29 is 9.58 Å². The van der Waals surface area contributed by atoms with Crippen LogP contribution in [0.4, 0.5) is 0 Å². The van der Waals surface area contributed by atoms with Gasteiger partial charge in [-0.15, -0.1) is 0 Å². The zero-order valence-corrected chi connectivity index (χ0v) is 9.04. The van der Waals surface area contributed by atoms with Crippen molar-refractivity contribution in [1.82, 2.24) is 0 Å². The summed E-state index contributed by atoms with van der Waals surface area (Å²) in [7, 11) is 0. The monoisotopic (exact) mass is 214 g/mol. The molecule has 0 aliphatic carbocycles. The standard InChI is InChI=1S/C13H14N2O/c14-15-11-13(16)10-6-2-5-9-12-7-3-1-4-8-12/h1,3-5,7-9,11H,2,6,10H2/b9-5+. The van der Waals surface area contributed by atoms with Crippen LogP contribution in [0.1, 0.15) is 24.8 Å². The third-order valence-corrected chi connectivity index (χ3v) is 2.11. The molecule has 0 aromatic heterocycles. The Morgan fingerprint density at radius 1 is 1.31 bits per heavy atom. The highest BCUT2D eigenvalue weighted by molar-refractivity contribution is 6.25. The smallest absolute Gasteiger partial charge is 0.323 e. The van der Waals surface area contributed by atoms with Gasteiger partial charge in [0.1, 0.15) is 0 Å². The van der Waals surface area contributed by atoms with Crippen molar-refractivity contribution in [3.8, 4) is 0 Å². The number of Topliss-reactive ketones (excluding diaryl/α,β-unsaturated/α-hetero) is 1. The molecule has 1 aromatic rings. The maximum absolute atomic E-state index is 10.9. The van der Waals surface area contributed by atoms with Gasteiger partial charge < -0.3 is 5.53 Å². The highest BCUT2D eigenvalue weighted by Crippen LogP contribution is 2.04. The van der Waals surface area contributed by atoms with E-state index in [0.717, 1.165) is 24.6 Å². The van der Waals surface area contributed by atoms with Crippen LogP contribution in [-0.4, -0.2) is 16.8 Å². The SMILES string of the molecule is [N-]=[N+]=CC(=O)CCC/C=C/c1ccccc1. The minimum absolute atomic E-state index is 0.143. The molecule has 0 saturated carbocycles. The summed E-state index contributed by atoms with van der Waals surface area (Å²) in [5, 5.41) is 0. The van der Waals surface area contributed by atoms with Gasteiger partial charge >= 0.3 is 6.21 Å². The minimum Gasteiger partial charge on any atom is -0.361 e. The molecule has 16 heavy (non-hydrogen) atoms. The van der Waals surface area contributed by atoms with Crippen LogP contribution < -0.4 is 0 Å². The van der Waals surface area contributed by atoms with Gasteiger partial charge in [0.2, 0.25) is 5.78 Å². The van der Waals surface area contributed by atoms with Crippen LogP contribution in [0.2, 0.25) is 0 Å². The first kappa shape index (κ1) is 12.1. The molecule has 0 unspecified atom stereocenters. The van der Waals surface area contributed by atoms with Crippen molar-refractivity contribution in [3.05, 3.63) is 47.5 Å². The van der Waals surface area contributed by atoms with E-state index in [4.69, 9.17) is 5.53 Å². The van der Waals surface area contributed by atoms with Gasteiger partial charge in [-0.2, -0.15) is 4.79 Å². The Hall–Kier alpha value is -1.99. The van der Waals surface area contributed by atoms with Crippen LogP contribution in [0.15, 0.2) is 36.4 Å². The van der Waals surface area contributed by atoms with E-state index in [0.29, 0.717) is 6.42 Å². The number of carbonyl (C=O) groups is 1. The third kappa shape index (κ3) is 5.03. The Bertz CT molecular complexity index is 403. The number of unbranched alkanes of at least 4 members (excludes halogenated alkanes) is 1. The van der Waals surface area contributed by atoms with Crippen molar-refractivity contribution in [2.75, 3.05) is 0 Å². The van der Waals surface area contributed by atoms with Crippen molar-refractivity contribution >= 4 is 18.1 Å². The molecule has 3 heteroatoms. The Kier molecular flexibility index (Phi) is 5.53. The molecule has 0 N–H and O–H groups in total. The Morgan fingerprint density at radius 3 is 2.75 bits per heavy atom. The van der Waals surface area contributed by atoms with Crippen LogP contribution >= 0.6 is 0 Å². The van der Waals surface area contributed by atoms with Crippen LogP contribution in [0.25, 0.3) is 11.6 Å². The lowest BCUT2D eigenvalue weighted by molar-refractivity contribution is -0.116. The molecular formula is C13H14N2O. The maximum atomic E-state index is 10.9. The fraction of sp³-hybridized carbons (Fsp3) is 0.231. The van der Waals surface area contributed by atoms with E-state index >= 15 is 0 Å². The highest BCUT2D eigenvalue weighted by Gasteiger charge is 1.99. The second-order valence-corrected chi connectivity index (χ2v) is 3.42. The molecule has 0 radical (unpaired) electrons. The second-order valence-electron chi connectivity index (χ2n) is 3.42. The summed E-state index contributed by atoms with van der Waals surface area (Å²) in [6, 6.07) is 10.0. The van der Waals surface area contributed by atoms with Crippen molar-refractivity contribution in [2.45, 2.75) is 19.3 Å². The maximum Gasteiger partial charge on any atom is 0.323 e. The van der Waals surface area contributed by atoms with Crippen molar-refractivity contribution in [1.29, 1.82) is 0 Å². The Labute approximate surface area is 95.0 Å². The summed E-state index contributed by atoms with van der Waals surface area (Å²) in [5.41, 5.74) is 9.28. The number of rotatable bonds is 6. The van der Waals surface area contributed by atoms with Crippen molar-refractivity contribution in [2.24, 2.45) is 0 Å². The molecule has 3 nitrogen and oxygen atoms in total. The number of hydrogen-bond acceptors (Lipinski definition) is 1. The molecule has 0 fully saturated rings. The summed E-state index contributed by atoms with van der Waals surface area (Å²) in [4.78, 5) is 13.6. The quantitative estimate of drug-likeness (QED) is 0.311. The average Bonchev–Trinajstić information content (AvgIpc) is 2.30. The fourth-order valence-corrected chi connectivity index (χ4v) is 1.31. The van der Waals surface area contributed by atoms with E-state index in [1.807, 2.05) is 42.5 Å². The molecule has 0 saturated heterocycles. The molecule has 0 heterocycles. The Morgan fingerprint density at radius 2 is 2.06 bits per heavy atom. The topological polar surface area (TPSA) is 53.5 Å². The molecule has 0 amide bonds. The van der Waals surface area contributed by atoms with E-state index in [1.165, 1.54) is 0 Å². The van der Waals surface area contributed by atoms with Gasteiger partial charge in [0.25, 0.3) is 0 Å². The molecule has 0 atom stereocenters. The van der Waals surface area contributed by atoms with E-state index in [-0.39, 0.29) is 5.78 Å². The minimum atomic E-state index is -0.143. The number of allylic oxidation sites excluding steroid dienone is 1. The summed E-state index contributed by atoms with van der Waals surface area (Å²) in [6.07, 6.45) is 7.06. The van der Waals surface area contributed by atoms with Crippen LogP contribution in [-0.2, 0) is 4.79 Å². The molecule has 0 aliphatic rings. The molecule has 0 spiro atoms. The summed E-state index contributed by atoms with van der Waals surface area (Å²) < 4.78 is 0. The van der Waals surface area contributed by atoms with Gasteiger partial charge in [-0.25, -0.2) is 0 Å². The van der Waals surface area contributed by atoms with Gasteiger partial charge in [0.15, 0.2) is 0 Å². The first-order chi connectivity index (χ1) is 7.83. The third-order valence-electron chi connectivity index (χ3n) is 2.11. The molecule has 1 rings (SSSR count). The zero-order chi connectivity index (χ0) is 11.6. The van der Waals surface area contributed by atoms with E-state index in [1.54, 1.807) is 0 Å². The molecule has 1 aromatic carbocycles. The lowest BCUT2D eigenvalue weighted by Gasteiger charge is -1.92. The Balaban J connectivity index is 2.23. The lowest BCUT2D eigenvalue weighted by Crippen LogP contribution is -1.98. The van der Waals surface area contributed by atoms with E-state index in [9.17, 15) is 4.79 Å². The van der Waals surface area contributed by atoms with Gasteiger partial charge in [-0.05, 0) is 18.4 Å². The normalized spacial score (nSPS) is 10.0. The number of carbonyl (C=O) groups excluding carboxylic acids is 1. The summed E-state index contributed by atoms with van der Waals surface area (Å²) >= 11 is 0. The molecule has 82 valence electrons. The molecule has 0 aliphatic heterocycles.